The number of fused-ring (bicyclic) bond motifs is 2. The number of amides is 3. The molecule has 3 N–H and O–H groups in total. The van der Waals surface area contributed by atoms with Crippen molar-refractivity contribution in [1.29, 1.82) is 0 Å². The van der Waals surface area contributed by atoms with Crippen molar-refractivity contribution in [2.45, 2.75) is 51.1 Å². The summed E-state index contributed by atoms with van der Waals surface area (Å²) < 4.78 is 2.15. The monoisotopic (exact) mass is 408 g/mol. The van der Waals surface area contributed by atoms with Crippen molar-refractivity contribution in [3.63, 3.8) is 0 Å². The summed E-state index contributed by atoms with van der Waals surface area (Å²) in [6, 6.07) is 5.38. The molecule has 2 unspecified atom stereocenters. The second-order valence-corrected chi connectivity index (χ2v) is 8.05. The summed E-state index contributed by atoms with van der Waals surface area (Å²) in [5.41, 5.74) is 2.67. The lowest BCUT2D eigenvalue weighted by Crippen LogP contribution is -2.52. The zero-order chi connectivity index (χ0) is 20.7. The number of piperidine rings is 1. The van der Waals surface area contributed by atoms with Crippen LogP contribution in [-0.4, -0.2) is 50.8 Å². The maximum absolute atomic E-state index is 13.0. The zero-order valence-electron chi connectivity index (χ0n) is 16.6. The smallest absolute Gasteiger partial charge is 0.255 e. The van der Waals surface area contributed by atoms with Gasteiger partial charge in [-0.05, 0) is 23.6 Å². The lowest BCUT2D eigenvalue weighted by Gasteiger charge is -2.29. The highest BCUT2D eigenvalue weighted by molar-refractivity contribution is 6.05. The van der Waals surface area contributed by atoms with Crippen LogP contribution < -0.4 is 16.0 Å². The first-order valence-corrected chi connectivity index (χ1v) is 10.3. The number of carbonyl (C=O) groups excluding carboxylic acids is 3. The van der Waals surface area contributed by atoms with Gasteiger partial charge in [-0.15, -0.1) is 0 Å². The molecule has 2 atom stereocenters. The molecule has 0 saturated carbocycles. The van der Waals surface area contributed by atoms with Crippen molar-refractivity contribution < 1.29 is 14.4 Å². The fourth-order valence-electron chi connectivity index (χ4n) is 4.54. The Kier molecular flexibility index (Phi) is 4.84. The van der Waals surface area contributed by atoms with E-state index in [2.05, 4.69) is 25.5 Å². The molecule has 4 heterocycles. The number of carbonyl (C=O) groups is 3. The molecule has 9 nitrogen and oxygen atoms in total. The Hall–Kier alpha value is -3.04. The molecule has 1 fully saturated rings. The predicted octanol–water partition coefficient (Wildman–Crippen LogP) is -0.0943. The molecule has 0 bridgehead atoms. The average molecular weight is 408 g/mol. The standard InChI is InChI=1S/C21H24N6O3/c28-19-5-4-17(20(29)25-19)27-12-16-13(2-1-3-15(16)21(27)30)8-24-14-9-22-10-18-23-6-7-26(18)11-14/h1-3,6-7,14,17,22,24H,4-5,8-12H2,(H,25,28,29). The first kappa shape index (κ1) is 19.0. The molecule has 156 valence electrons. The van der Waals surface area contributed by atoms with E-state index in [1.54, 1.807) is 4.90 Å². The summed E-state index contributed by atoms with van der Waals surface area (Å²) in [6.45, 7) is 3.45. The number of nitrogens with one attached hydrogen (secondary N) is 3. The quantitative estimate of drug-likeness (QED) is 0.610. The minimum atomic E-state index is -0.589. The molecule has 3 aliphatic heterocycles. The third-order valence-corrected chi connectivity index (χ3v) is 6.15. The van der Waals surface area contributed by atoms with Gasteiger partial charge in [0.25, 0.3) is 5.91 Å². The topological polar surface area (TPSA) is 108 Å². The van der Waals surface area contributed by atoms with Gasteiger partial charge < -0.3 is 20.1 Å². The predicted molar refractivity (Wildman–Crippen MR) is 107 cm³/mol. The first-order valence-electron chi connectivity index (χ1n) is 10.3. The van der Waals surface area contributed by atoms with Gasteiger partial charge in [0.2, 0.25) is 11.8 Å². The number of nitrogens with zero attached hydrogens (tertiary/aromatic N) is 3. The normalized spacial score (nSPS) is 23.7. The van der Waals surface area contributed by atoms with Crippen LogP contribution in [0.2, 0.25) is 0 Å². The van der Waals surface area contributed by atoms with Crippen LogP contribution in [0.4, 0.5) is 0 Å². The molecule has 30 heavy (non-hydrogen) atoms. The molecule has 0 aliphatic carbocycles. The molecular formula is C21H24N6O3. The van der Waals surface area contributed by atoms with Crippen molar-refractivity contribution in [2.75, 3.05) is 6.54 Å². The number of hydrogen-bond donors (Lipinski definition) is 3. The molecule has 1 saturated heterocycles. The van der Waals surface area contributed by atoms with Gasteiger partial charge in [-0.1, -0.05) is 12.1 Å². The summed E-state index contributed by atoms with van der Waals surface area (Å²) in [5, 5.41) is 9.36. The Bertz CT molecular complexity index is 1020. The maximum atomic E-state index is 13.0. The highest BCUT2D eigenvalue weighted by Gasteiger charge is 2.39. The molecule has 3 amide bonds. The average Bonchev–Trinajstić information content (AvgIpc) is 3.25. The lowest BCUT2D eigenvalue weighted by molar-refractivity contribution is -0.136. The number of aromatic nitrogens is 2. The van der Waals surface area contributed by atoms with Crippen molar-refractivity contribution >= 4 is 17.7 Å². The van der Waals surface area contributed by atoms with E-state index in [-0.39, 0.29) is 30.2 Å². The van der Waals surface area contributed by atoms with Crippen LogP contribution in [0, 0.1) is 0 Å². The van der Waals surface area contributed by atoms with Gasteiger partial charge in [0.15, 0.2) is 0 Å². The van der Waals surface area contributed by atoms with Crippen molar-refractivity contribution in [3.05, 3.63) is 53.1 Å². The van der Waals surface area contributed by atoms with Gasteiger partial charge in [0, 0.05) is 56.6 Å². The molecule has 1 aromatic carbocycles. The Morgan fingerprint density at radius 1 is 1.23 bits per heavy atom. The SMILES string of the molecule is O=C1CCC(N2Cc3c(CNC4CNCc5nccn5C4)cccc3C2=O)C(=O)N1. The molecule has 0 radical (unpaired) electrons. The Labute approximate surface area is 173 Å². The minimum absolute atomic E-state index is 0.138. The van der Waals surface area contributed by atoms with E-state index >= 15 is 0 Å². The summed E-state index contributed by atoms with van der Waals surface area (Å²) in [6.07, 6.45) is 4.45. The molecule has 1 aromatic heterocycles. The van der Waals surface area contributed by atoms with Gasteiger partial charge in [0.05, 0.1) is 6.54 Å². The minimum Gasteiger partial charge on any atom is -0.332 e. The van der Waals surface area contributed by atoms with E-state index in [1.807, 2.05) is 30.6 Å². The number of imidazole rings is 1. The third kappa shape index (κ3) is 3.40. The molecule has 2 aromatic rings. The van der Waals surface area contributed by atoms with Crippen LogP contribution in [0.25, 0.3) is 0 Å². The second kappa shape index (κ2) is 7.66. The first-order chi connectivity index (χ1) is 14.6. The van der Waals surface area contributed by atoms with Crippen molar-refractivity contribution in [2.24, 2.45) is 0 Å². The molecule has 5 rings (SSSR count). The Balaban J connectivity index is 1.30. The van der Waals surface area contributed by atoms with Crippen LogP contribution in [-0.2, 0) is 35.8 Å². The zero-order valence-corrected chi connectivity index (χ0v) is 16.6. The van der Waals surface area contributed by atoms with E-state index in [4.69, 9.17) is 0 Å². The van der Waals surface area contributed by atoms with Crippen molar-refractivity contribution in [3.8, 4) is 0 Å². The van der Waals surface area contributed by atoms with E-state index in [0.717, 1.165) is 36.6 Å². The van der Waals surface area contributed by atoms with Gasteiger partial charge in [-0.2, -0.15) is 0 Å². The highest BCUT2D eigenvalue weighted by atomic mass is 16.2. The van der Waals surface area contributed by atoms with Crippen LogP contribution in [0.1, 0.15) is 40.2 Å². The fraction of sp³-hybridized carbons (Fsp3) is 0.429. The van der Waals surface area contributed by atoms with Gasteiger partial charge in [-0.25, -0.2) is 4.98 Å². The van der Waals surface area contributed by atoms with E-state index < -0.39 is 6.04 Å². The summed E-state index contributed by atoms with van der Waals surface area (Å²) in [5.74, 6) is 0.238. The van der Waals surface area contributed by atoms with Gasteiger partial charge in [-0.3, -0.25) is 19.7 Å². The molecular weight excluding hydrogens is 384 g/mol. The number of imide groups is 1. The summed E-state index contributed by atoms with van der Waals surface area (Å²) in [7, 11) is 0. The Morgan fingerprint density at radius 2 is 2.13 bits per heavy atom. The number of hydrogen-bond acceptors (Lipinski definition) is 6. The van der Waals surface area contributed by atoms with E-state index in [0.29, 0.717) is 25.1 Å². The van der Waals surface area contributed by atoms with Gasteiger partial charge >= 0.3 is 0 Å². The molecule has 9 heteroatoms. The molecule has 3 aliphatic rings. The van der Waals surface area contributed by atoms with Crippen LogP contribution in [0.5, 0.6) is 0 Å². The van der Waals surface area contributed by atoms with Crippen molar-refractivity contribution in [1.82, 2.24) is 30.4 Å². The van der Waals surface area contributed by atoms with E-state index in [9.17, 15) is 14.4 Å². The largest absolute Gasteiger partial charge is 0.332 e. The van der Waals surface area contributed by atoms with E-state index in [1.165, 1.54) is 0 Å². The third-order valence-electron chi connectivity index (χ3n) is 6.15. The highest BCUT2D eigenvalue weighted by Crippen LogP contribution is 2.29. The Morgan fingerprint density at radius 3 is 3.00 bits per heavy atom. The maximum Gasteiger partial charge on any atom is 0.255 e. The number of rotatable bonds is 4. The summed E-state index contributed by atoms with van der Waals surface area (Å²) >= 11 is 0. The van der Waals surface area contributed by atoms with Crippen LogP contribution in [0.15, 0.2) is 30.6 Å². The molecule has 0 spiro atoms. The summed E-state index contributed by atoms with van der Waals surface area (Å²) in [4.78, 5) is 42.6. The van der Waals surface area contributed by atoms with Crippen LogP contribution >= 0.6 is 0 Å². The fourth-order valence-corrected chi connectivity index (χ4v) is 4.54. The number of benzene rings is 1. The van der Waals surface area contributed by atoms with Crippen LogP contribution in [0.3, 0.4) is 0 Å². The van der Waals surface area contributed by atoms with Gasteiger partial charge in [0.1, 0.15) is 11.9 Å². The lowest BCUT2D eigenvalue weighted by atomic mass is 10.0. The second-order valence-electron chi connectivity index (χ2n) is 8.05.